The first kappa shape index (κ1) is 29.0. The van der Waals surface area contributed by atoms with Gasteiger partial charge in [0, 0.05) is 32.6 Å². The van der Waals surface area contributed by atoms with Crippen LogP contribution in [0, 0.1) is 11.7 Å². The Labute approximate surface area is 220 Å². The number of halogens is 1. The second kappa shape index (κ2) is 13.8. The quantitative estimate of drug-likeness (QED) is 0.421. The lowest BCUT2D eigenvalue weighted by Gasteiger charge is -2.33. The van der Waals surface area contributed by atoms with Gasteiger partial charge in [-0.05, 0) is 75.6 Å². The summed E-state index contributed by atoms with van der Waals surface area (Å²) in [4.78, 5) is 28.2. The molecule has 3 rings (SSSR count). The number of ether oxygens (including phenoxy) is 3. The molecule has 0 radical (unpaired) electrons. The van der Waals surface area contributed by atoms with E-state index >= 15 is 0 Å². The lowest BCUT2D eigenvalue weighted by molar-refractivity contribution is -0.135. The van der Waals surface area contributed by atoms with Gasteiger partial charge >= 0.3 is 6.09 Å². The van der Waals surface area contributed by atoms with Gasteiger partial charge in [-0.1, -0.05) is 25.5 Å². The molecule has 0 bridgehead atoms. The van der Waals surface area contributed by atoms with Crippen LogP contribution in [0.1, 0.15) is 71.8 Å². The first-order valence-corrected chi connectivity index (χ1v) is 13.6. The van der Waals surface area contributed by atoms with Gasteiger partial charge in [0.15, 0.2) is 11.6 Å². The molecule has 206 valence electrons. The molecular weight excluding hydrogens is 475 g/mol. The Hall–Kier alpha value is -2.61. The number of likely N-dealkylation sites (tertiary alicyclic amines) is 1. The van der Waals surface area contributed by atoms with E-state index in [2.05, 4.69) is 13.0 Å². The smallest absolute Gasteiger partial charge is 0.410 e. The molecule has 37 heavy (non-hydrogen) atoms. The van der Waals surface area contributed by atoms with E-state index in [1.807, 2.05) is 31.7 Å². The van der Waals surface area contributed by atoms with Gasteiger partial charge in [-0.2, -0.15) is 0 Å². The zero-order valence-corrected chi connectivity index (χ0v) is 22.9. The minimum absolute atomic E-state index is 0.141. The van der Waals surface area contributed by atoms with Gasteiger partial charge in [0.1, 0.15) is 5.60 Å². The van der Waals surface area contributed by atoms with Gasteiger partial charge in [0.05, 0.1) is 19.8 Å². The third kappa shape index (κ3) is 9.33. The van der Waals surface area contributed by atoms with E-state index in [1.165, 1.54) is 6.07 Å². The van der Waals surface area contributed by atoms with Crippen LogP contribution in [-0.4, -0.2) is 73.4 Å². The molecule has 2 heterocycles. The second-order valence-electron chi connectivity index (χ2n) is 10.9. The number of rotatable bonds is 9. The highest BCUT2D eigenvalue weighted by Gasteiger charge is 2.27. The molecule has 2 amide bonds. The monoisotopic (exact) mass is 518 g/mol. The zero-order chi connectivity index (χ0) is 26.8. The van der Waals surface area contributed by atoms with E-state index < -0.39 is 5.60 Å². The van der Waals surface area contributed by atoms with Gasteiger partial charge in [-0.15, -0.1) is 0 Å². The Balaban J connectivity index is 1.49. The minimum Gasteiger partial charge on any atom is -0.490 e. The number of piperidine rings is 1. The number of amides is 2. The summed E-state index contributed by atoms with van der Waals surface area (Å²) < 4.78 is 31.5. The number of hydrogen-bond acceptors (Lipinski definition) is 5. The van der Waals surface area contributed by atoms with Crippen molar-refractivity contribution in [2.45, 2.75) is 71.8 Å². The fourth-order valence-electron chi connectivity index (χ4n) is 4.61. The van der Waals surface area contributed by atoms with Crippen LogP contribution in [0.5, 0.6) is 5.75 Å². The van der Waals surface area contributed by atoms with Crippen LogP contribution >= 0.6 is 0 Å². The lowest BCUT2D eigenvalue weighted by Crippen LogP contribution is -2.42. The maximum Gasteiger partial charge on any atom is 0.410 e. The van der Waals surface area contributed by atoms with Crippen LogP contribution in [0.25, 0.3) is 5.57 Å². The third-order valence-electron chi connectivity index (χ3n) is 6.68. The maximum absolute atomic E-state index is 14.9. The van der Waals surface area contributed by atoms with Crippen LogP contribution in [-0.2, 0) is 14.3 Å². The van der Waals surface area contributed by atoms with E-state index in [0.717, 1.165) is 36.8 Å². The molecule has 0 spiro atoms. The average molecular weight is 519 g/mol. The molecule has 2 fully saturated rings. The van der Waals surface area contributed by atoms with Crippen molar-refractivity contribution in [2.24, 2.45) is 5.92 Å². The average Bonchev–Trinajstić information content (AvgIpc) is 2.87. The molecule has 1 aromatic carbocycles. The Morgan fingerprint density at radius 1 is 1.08 bits per heavy atom. The lowest BCUT2D eigenvalue weighted by atomic mass is 9.98. The van der Waals surface area contributed by atoms with Crippen molar-refractivity contribution in [3.05, 3.63) is 35.7 Å². The molecule has 0 aromatic heterocycles. The van der Waals surface area contributed by atoms with Crippen LogP contribution < -0.4 is 4.74 Å². The molecule has 2 aliphatic heterocycles. The molecule has 0 N–H and O–H groups in total. The standard InChI is InChI=1S/C29H43FN2O5/c1-5-7-23(8-6-9-27(33)31-16-18-35-19-17-31)24-10-11-26(25(30)20-24)36-21-22-12-14-32(15-13-22)28(34)37-29(2,3)4/h8,10-11,20,22H,5-7,9,12-19,21H2,1-4H3. The molecule has 7 nitrogen and oxygen atoms in total. The number of morpholine rings is 1. The Morgan fingerprint density at radius 2 is 1.78 bits per heavy atom. The third-order valence-corrected chi connectivity index (χ3v) is 6.68. The largest absolute Gasteiger partial charge is 0.490 e. The van der Waals surface area contributed by atoms with E-state index in [-0.39, 0.29) is 29.5 Å². The maximum atomic E-state index is 14.9. The summed E-state index contributed by atoms with van der Waals surface area (Å²) in [5, 5.41) is 0. The number of benzene rings is 1. The van der Waals surface area contributed by atoms with Gasteiger partial charge < -0.3 is 24.0 Å². The van der Waals surface area contributed by atoms with Crippen LogP contribution in [0.2, 0.25) is 0 Å². The molecule has 0 aliphatic carbocycles. The Kier molecular flexibility index (Phi) is 10.8. The minimum atomic E-state index is -0.507. The summed E-state index contributed by atoms with van der Waals surface area (Å²) in [6, 6.07) is 5.13. The first-order chi connectivity index (χ1) is 17.7. The molecule has 0 unspecified atom stereocenters. The normalized spacial score (nSPS) is 17.6. The van der Waals surface area contributed by atoms with Crippen LogP contribution in [0.15, 0.2) is 24.3 Å². The highest BCUT2D eigenvalue weighted by atomic mass is 19.1. The number of nitrogens with zero attached hydrogens (tertiary/aromatic N) is 2. The van der Waals surface area contributed by atoms with Crippen LogP contribution in [0.3, 0.4) is 0 Å². The van der Waals surface area contributed by atoms with E-state index in [0.29, 0.717) is 58.8 Å². The highest BCUT2D eigenvalue weighted by Crippen LogP contribution is 2.28. The van der Waals surface area contributed by atoms with Gasteiger partial charge in [0.25, 0.3) is 0 Å². The van der Waals surface area contributed by atoms with Crippen molar-refractivity contribution in [3.63, 3.8) is 0 Å². The van der Waals surface area contributed by atoms with Crippen molar-refractivity contribution in [3.8, 4) is 5.75 Å². The van der Waals surface area contributed by atoms with Crippen molar-refractivity contribution < 1.29 is 28.2 Å². The fourth-order valence-corrected chi connectivity index (χ4v) is 4.61. The number of hydrogen-bond donors (Lipinski definition) is 0. The number of allylic oxidation sites excluding steroid dienone is 2. The molecule has 8 heteroatoms. The Bertz CT molecular complexity index is 929. The zero-order valence-electron chi connectivity index (χ0n) is 22.9. The van der Waals surface area contributed by atoms with Crippen molar-refractivity contribution in [1.82, 2.24) is 9.80 Å². The summed E-state index contributed by atoms with van der Waals surface area (Å²) >= 11 is 0. The molecule has 2 saturated heterocycles. The Morgan fingerprint density at radius 3 is 2.41 bits per heavy atom. The molecule has 2 aliphatic rings. The molecule has 0 saturated carbocycles. The van der Waals surface area contributed by atoms with Gasteiger partial charge in [0.2, 0.25) is 5.91 Å². The highest BCUT2D eigenvalue weighted by molar-refractivity contribution is 5.77. The molecule has 0 atom stereocenters. The van der Waals surface area contributed by atoms with E-state index in [1.54, 1.807) is 11.0 Å². The predicted octanol–water partition coefficient (Wildman–Crippen LogP) is 5.67. The summed E-state index contributed by atoms with van der Waals surface area (Å²) in [5.41, 5.74) is 1.38. The SMILES string of the molecule is CCCC(=CCCC(=O)N1CCOCC1)c1ccc(OCC2CCN(C(=O)OC(C)(C)C)CC2)c(F)c1. The second-order valence-corrected chi connectivity index (χ2v) is 10.9. The van der Waals surface area contributed by atoms with Crippen molar-refractivity contribution in [1.29, 1.82) is 0 Å². The predicted molar refractivity (Wildman–Crippen MR) is 142 cm³/mol. The topological polar surface area (TPSA) is 68.3 Å². The fraction of sp³-hybridized carbons (Fsp3) is 0.655. The van der Waals surface area contributed by atoms with Crippen LogP contribution in [0.4, 0.5) is 9.18 Å². The number of carbonyl (C=O) groups excluding carboxylic acids is 2. The molecular formula is C29H43FN2O5. The van der Waals surface area contributed by atoms with E-state index in [9.17, 15) is 14.0 Å². The summed E-state index contributed by atoms with van der Waals surface area (Å²) in [5.74, 6) is 0.270. The van der Waals surface area contributed by atoms with Crippen molar-refractivity contribution >= 4 is 17.6 Å². The number of carbonyl (C=O) groups is 2. The summed E-state index contributed by atoms with van der Waals surface area (Å²) in [6.45, 7) is 11.8. The summed E-state index contributed by atoms with van der Waals surface area (Å²) in [6.07, 6.45) is 6.21. The first-order valence-electron chi connectivity index (χ1n) is 13.6. The summed E-state index contributed by atoms with van der Waals surface area (Å²) in [7, 11) is 0. The molecule has 1 aromatic rings. The van der Waals surface area contributed by atoms with Gasteiger partial charge in [-0.25, -0.2) is 9.18 Å². The van der Waals surface area contributed by atoms with Gasteiger partial charge in [-0.3, -0.25) is 4.79 Å². The van der Waals surface area contributed by atoms with Crippen molar-refractivity contribution in [2.75, 3.05) is 46.0 Å². The van der Waals surface area contributed by atoms with E-state index in [4.69, 9.17) is 14.2 Å².